The molecule has 0 spiro atoms. The third-order valence-electron chi connectivity index (χ3n) is 2.80. The number of benzene rings is 1. The van der Waals surface area contributed by atoms with Gasteiger partial charge in [-0.05, 0) is 49.7 Å². The summed E-state index contributed by atoms with van der Waals surface area (Å²) < 4.78 is 0. The molecule has 1 heterocycles. The molecule has 2 rings (SSSR count). The van der Waals surface area contributed by atoms with Crippen LogP contribution in [0.25, 0.3) is 0 Å². The molecular weight excluding hydrogens is 262 g/mol. The SMILES string of the molecule is Cc1cc(C)nc(NC(=O)c2cccc(C#CCN)c2)c1. The number of aryl methyl sites for hydroxylation is 2. The number of pyridine rings is 1. The van der Waals surface area contributed by atoms with Crippen LogP contribution < -0.4 is 11.1 Å². The van der Waals surface area contributed by atoms with Crippen molar-refractivity contribution in [1.29, 1.82) is 0 Å². The lowest BCUT2D eigenvalue weighted by molar-refractivity contribution is 0.102. The Bertz CT molecular complexity index is 706. The zero-order valence-electron chi connectivity index (χ0n) is 12.1. The summed E-state index contributed by atoms with van der Waals surface area (Å²) >= 11 is 0. The summed E-state index contributed by atoms with van der Waals surface area (Å²) in [6.07, 6.45) is 0. The summed E-state index contributed by atoms with van der Waals surface area (Å²) in [5.41, 5.74) is 8.57. The average Bonchev–Trinajstić information content (AvgIpc) is 2.44. The first-order valence-electron chi connectivity index (χ1n) is 6.64. The number of nitrogens with one attached hydrogen (secondary N) is 1. The minimum atomic E-state index is -0.205. The number of amides is 1. The lowest BCUT2D eigenvalue weighted by atomic mass is 10.1. The van der Waals surface area contributed by atoms with Crippen molar-refractivity contribution >= 4 is 11.7 Å². The second kappa shape index (κ2) is 6.69. The normalized spacial score (nSPS) is 9.67. The van der Waals surface area contributed by atoms with Crippen LogP contribution in [0.2, 0.25) is 0 Å². The van der Waals surface area contributed by atoms with Gasteiger partial charge in [-0.1, -0.05) is 17.9 Å². The molecule has 0 aliphatic heterocycles. The molecule has 0 saturated heterocycles. The lowest BCUT2D eigenvalue weighted by Crippen LogP contribution is -2.13. The lowest BCUT2D eigenvalue weighted by Gasteiger charge is -2.07. The minimum Gasteiger partial charge on any atom is -0.320 e. The summed E-state index contributed by atoms with van der Waals surface area (Å²) in [5, 5.41) is 2.80. The fourth-order valence-electron chi connectivity index (χ4n) is 1.99. The van der Waals surface area contributed by atoms with E-state index in [1.54, 1.807) is 18.2 Å². The van der Waals surface area contributed by atoms with Crippen LogP contribution in [0.4, 0.5) is 5.82 Å². The molecule has 0 atom stereocenters. The Labute approximate surface area is 124 Å². The first kappa shape index (κ1) is 14.8. The van der Waals surface area contributed by atoms with Crippen molar-refractivity contribution in [3.63, 3.8) is 0 Å². The smallest absolute Gasteiger partial charge is 0.256 e. The Morgan fingerprint density at radius 1 is 1.29 bits per heavy atom. The highest BCUT2D eigenvalue weighted by molar-refractivity contribution is 6.04. The molecule has 0 unspecified atom stereocenters. The van der Waals surface area contributed by atoms with Crippen LogP contribution in [0.5, 0.6) is 0 Å². The van der Waals surface area contributed by atoms with E-state index in [-0.39, 0.29) is 5.91 Å². The van der Waals surface area contributed by atoms with E-state index >= 15 is 0 Å². The highest BCUT2D eigenvalue weighted by atomic mass is 16.1. The molecule has 4 nitrogen and oxygen atoms in total. The molecule has 1 aromatic carbocycles. The number of nitrogens with two attached hydrogens (primary N) is 1. The van der Waals surface area contributed by atoms with E-state index in [1.165, 1.54) is 0 Å². The maximum absolute atomic E-state index is 12.2. The summed E-state index contributed by atoms with van der Waals surface area (Å²) in [4.78, 5) is 16.5. The number of hydrogen-bond acceptors (Lipinski definition) is 3. The van der Waals surface area contributed by atoms with Crippen molar-refractivity contribution in [2.75, 3.05) is 11.9 Å². The molecule has 0 aliphatic carbocycles. The zero-order valence-corrected chi connectivity index (χ0v) is 12.1. The first-order valence-corrected chi connectivity index (χ1v) is 6.64. The van der Waals surface area contributed by atoms with Crippen molar-refractivity contribution in [3.8, 4) is 11.8 Å². The van der Waals surface area contributed by atoms with Crippen molar-refractivity contribution in [2.24, 2.45) is 5.73 Å². The number of rotatable bonds is 2. The fraction of sp³-hybridized carbons (Fsp3) is 0.176. The number of anilines is 1. The maximum Gasteiger partial charge on any atom is 0.256 e. The van der Waals surface area contributed by atoms with Gasteiger partial charge in [0.1, 0.15) is 5.82 Å². The van der Waals surface area contributed by atoms with E-state index in [0.29, 0.717) is 17.9 Å². The van der Waals surface area contributed by atoms with E-state index in [0.717, 1.165) is 16.8 Å². The Hall–Kier alpha value is -2.64. The third kappa shape index (κ3) is 4.16. The van der Waals surface area contributed by atoms with E-state index in [4.69, 9.17) is 5.73 Å². The predicted molar refractivity (Wildman–Crippen MR) is 84.0 cm³/mol. The molecule has 106 valence electrons. The van der Waals surface area contributed by atoms with Gasteiger partial charge < -0.3 is 11.1 Å². The second-order valence-electron chi connectivity index (χ2n) is 4.71. The Morgan fingerprint density at radius 2 is 2.10 bits per heavy atom. The quantitative estimate of drug-likeness (QED) is 0.829. The van der Waals surface area contributed by atoms with Gasteiger partial charge in [0.2, 0.25) is 0 Å². The number of hydrogen-bond donors (Lipinski definition) is 2. The van der Waals surface area contributed by atoms with Crippen molar-refractivity contribution < 1.29 is 4.79 Å². The van der Waals surface area contributed by atoms with Crippen LogP contribution in [0.15, 0.2) is 36.4 Å². The van der Waals surface area contributed by atoms with Gasteiger partial charge in [0.15, 0.2) is 0 Å². The summed E-state index contributed by atoms with van der Waals surface area (Å²) in [6, 6.07) is 10.9. The Kier molecular flexibility index (Phi) is 4.70. The number of carbonyl (C=O) groups is 1. The highest BCUT2D eigenvalue weighted by Crippen LogP contribution is 2.11. The predicted octanol–water partition coefficient (Wildman–Crippen LogP) is 2.26. The van der Waals surface area contributed by atoms with Crippen LogP contribution in [-0.2, 0) is 0 Å². The molecule has 0 bridgehead atoms. The molecule has 0 saturated carbocycles. The van der Waals surface area contributed by atoms with E-state index in [1.807, 2.05) is 32.0 Å². The van der Waals surface area contributed by atoms with Crippen LogP contribution in [0.3, 0.4) is 0 Å². The van der Waals surface area contributed by atoms with Gasteiger partial charge in [-0.2, -0.15) is 0 Å². The van der Waals surface area contributed by atoms with Gasteiger partial charge in [0, 0.05) is 16.8 Å². The summed E-state index contributed by atoms with van der Waals surface area (Å²) in [7, 11) is 0. The standard InChI is InChI=1S/C17H17N3O/c1-12-9-13(2)19-16(10-12)20-17(21)15-7-3-5-14(11-15)6-4-8-18/h3,5,7,9-11H,8,18H2,1-2H3,(H,19,20,21). The molecular formula is C17H17N3O. The van der Waals surface area contributed by atoms with Crippen LogP contribution >= 0.6 is 0 Å². The summed E-state index contributed by atoms with van der Waals surface area (Å²) in [5.74, 6) is 6.03. The maximum atomic E-state index is 12.2. The van der Waals surface area contributed by atoms with Gasteiger partial charge in [-0.3, -0.25) is 4.79 Å². The number of carbonyl (C=O) groups excluding carboxylic acids is 1. The molecule has 0 radical (unpaired) electrons. The van der Waals surface area contributed by atoms with E-state index < -0.39 is 0 Å². The highest BCUT2D eigenvalue weighted by Gasteiger charge is 2.07. The van der Waals surface area contributed by atoms with Crippen LogP contribution in [-0.4, -0.2) is 17.4 Å². The molecule has 3 N–H and O–H groups in total. The fourth-order valence-corrected chi connectivity index (χ4v) is 1.99. The Balaban J connectivity index is 2.20. The first-order chi connectivity index (χ1) is 10.1. The molecule has 2 aromatic rings. The van der Waals surface area contributed by atoms with Gasteiger partial charge >= 0.3 is 0 Å². The van der Waals surface area contributed by atoms with Crippen LogP contribution in [0, 0.1) is 25.7 Å². The van der Waals surface area contributed by atoms with Gasteiger partial charge in [-0.15, -0.1) is 0 Å². The largest absolute Gasteiger partial charge is 0.320 e. The van der Waals surface area contributed by atoms with Crippen LogP contribution in [0.1, 0.15) is 27.2 Å². The minimum absolute atomic E-state index is 0.205. The second-order valence-corrected chi connectivity index (χ2v) is 4.71. The molecule has 1 amide bonds. The number of nitrogens with zero attached hydrogens (tertiary/aromatic N) is 1. The van der Waals surface area contributed by atoms with Gasteiger partial charge in [0.25, 0.3) is 5.91 Å². The topological polar surface area (TPSA) is 68.0 Å². The van der Waals surface area contributed by atoms with Crippen molar-refractivity contribution in [2.45, 2.75) is 13.8 Å². The van der Waals surface area contributed by atoms with Gasteiger partial charge in [-0.25, -0.2) is 4.98 Å². The summed E-state index contributed by atoms with van der Waals surface area (Å²) in [6.45, 7) is 4.15. The average molecular weight is 279 g/mol. The molecule has 21 heavy (non-hydrogen) atoms. The zero-order chi connectivity index (χ0) is 15.2. The molecule has 0 fully saturated rings. The molecule has 4 heteroatoms. The van der Waals surface area contributed by atoms with Gasteiger partial charge in [0.05, 0.1) is 6.54 Å². The van der Waals surface area contributed by atoms with Crippen molar-refractivity contribution in [3.05, 3.63) is 58.8 Å². The molecule has 1 aromatic heterocycles. The third-order valence-corrected chi connectivity index (χ3v) is 2.80. The van der Waals surface area contributed by atoms with Crippen molar-refractivity contribution in [1.82, 2.24) is 4.98 Å². The van der Waals surface area contributed by atoms with E-state index in [9.17, 15) is 4.79 Å². The number of aromatic nitrogens is 1. The van der Waals surface area contributed by atoms with E-state index in [2.05, 4.69) is 22.1 Å². The monoisotopic (exact) mass is 279 g/mol. The Morgan fingerprint density at radius 3 is 2.81 bits per heavy atom. The molecule has 0 aliphatic rings.